The third kappa shape index (κ3) is 3.46. The molecule has 2 aromatic rings. The Labute approximate surface area is 141 Å². The molecule has 0 unspecified atom stereocenters. The molecule has 1 aromatic carbocycles. The molecular weight excluding hydrogens is 461 g/mol. The molecule has 0 atom stereocenters. The summed E-state index contributed by atoms with van der Waals surface area (Å²) in [6.07, 6.45) is 0. The van der Waals surface area contributed by atoms with Crippen LogP contribution in [0.4, 0.5) is 5.69 Å². The fourth-order valence-electron chi connectivity index (χ4n) is 1.24. The average Bonchev–Trinajstić information content (AvgIpc) is 2.78. The zero-order valence-corrected chi connectivity index (χ0v) is 15.3. The second kappa shape index (κ2) is 5.91. The van der Waals surface area contributed by atoms with Crippen molar-refractivity contribution in [2.24, 2.45) is 0 Å². The van der Waals surface area contributed by atoms with Crippen LogP contribution in [0.2, 0.25) is 10.0 Å². The highest BCUT2D eigenvalue weighted by atomic mass is 79.9. The Morgan fingerprint density at radius 2 is 1.74 bits per heavy atom. The quantitative estimate of drug-likeness (QED) is 0.618. The van der Waals surface area contributed by atoms with Gasteiger partial charge >= 0.3 is 0 Å². The fourth-order valence-corrected chi connectivity index (χ4v) is 5.20. The number of nitrogens with one attached hydrogen (secondary N) is 1. The van der Waals surface area contributed by atoms with Crippen molar-refractivity contribution in [1.82, 2.24) is 0 Å². The zero-order valence-electron chi connectivity index (χ0n) is 8.95. The molecule has 19 heavy (non-hydrogen) atoms. The summed E-state index contributed by atoms with van der Waals surface area (Å²) >= 11 is 19.5. The molecule has 1 N–H and O–H groups in total. The van der Waals surface area contributed by atoms with Crippen molar-refractivity contribution in [1.29, 1.82) is 0 Å². The van der Waals surface area contributed by atoms with Gasteiger partial charge in [-0.05, 0) is 56.1 Å². The second-order valence-electron chi connectivity index (χ2n) is 3.39. The first-order chi connectivity index (χ1) is 8.81. The predicted molar refractivity (Wildman–Crippen MR) is 87.0 cm³/mol. The van der Waals surface area contributed by atoms with Crippen LogP contribution in [0.25, 0.3) is 0 Å². The average molecular weight is 466 g/mol. The molecule has 9 heteroatoms. The molecule has 0 aliphatic rings. The van der Waals surface area contributed by atoms with Crippen LogP contribution in [0.15, 0.2) is 36.7 Å². The highest BCUT2D eigenvalue weighted by Gasteiger charge is 2.19. The number of hydrogen-bond acceptors (Lipinski definition) is 3. The van der Waals surface area contributed by atoms with Gasteiger partial charge < -0.3 is 0 Å². The van der Waals surface area contributed by atoms with E-state index in [1.807, 2.05) is 0 Å². The molecule has 0 aliphatic carbocycles. The van der Waals surface area contributed by atoms with E-state index in [-0.39, 0.29) is 19.9 Å². The number of hydrogen-bond donors (Lipinski definition) is 1. The van der Waals surface area contributed by atoms with Gasteiger partial charge in [-0.15, -0.1) is 11.3 Å². The molecule has 3 nitrogen and oxygen atoms in total. The number of halogens is 4. The maximum atomic E-state index is 12.1. The summed E-state index contributed by atoms with van der Waals surface area (Å²) < 4.78 is 28.2. The van der Waals surface area contributed by atoms with Gasteiger partial charge in [0.25, 0.3) is 10.0 Å². The van der Waals surface area contributed by atoms with Gasteiger partial charge in [0.2, 0.25) is 0 Å². The summed E-state index contributed by atoms with van der Waals surface area (Å²) in [4.78, 5) is 0. The SMILES string of the molecule is O=S(=O)(Nc1ccc(Br)c(Cl)c1Cl)c1ccc(Br)s1. The molecule has 0 spiro atoms. The van der Waals surface area contributed by atoms with E-state index in [2.05, 4.69) is 36.6 Å². The van der Waals surface area contributed by atoms with Crippen molar-refractivity contribution < 1.29 is 8.42 Å². The van der Waals surface area contributed by atoms with Crippen molar-refractivity contribution in [3.8, 4) is 0 Å². The van der Waals surface area contributed by atoms with Gasteiger partial charge in [0, 0.05) is 4.47 Å². The Kier molecular flexibility index (Phi) is 4.85. The van der Waals surface area contributed by atoms with Gasteiger partial charge in [0.1, 0.15) is 4.21 Å². The van der Waals surface area contributed by atoms with Crippen LogP contribution in [0, 0.1) is 0 Å². The van der Waals surface area contributed by atoms with E-state index in [1.165, 1.54) is 6.07 Å². The van der Waals surface area contributed by atoms with E-state index in [4.69, 9.17) is 23.2 Å². The number of sulfonamides is 1. The Bertz CT molecular complexity index is 731. The van der Waals surface area contributed by atoms with E-state index >= 15 is 0 Å². The Morgan fingerprint density at radius 3 is 2.32 bits per heavy atom. The van der Waals surface area contributed by atoms with E-state index in [9.17, 15) is 8.42 Å². The van der Waals surface area contributed by atoms with Gasteiger partial charge in [-0.2, -0.15) is 0 Å². The molecule has 0 saturated heterocycles. The van der Waals surface area contributed by atoms with Crippen LogP contribution >= 0.6 is 66.4 Å². The minimum absolute atomic E-state index is 0.148. The second-order valence-corrected chi connectivity index (χ2v) is 9.37. The Hall–Kier alpha value is 0.210. The number of thiophene rings is 1. The lowest BCUT2D eigenvalue weighted by molar-refractivity contribution is 0.603. The molecule has 0 fully saturated rings. The van der Waals surface area contributed by atoms with Gasteiger partial charge in [-0.3, -0.25) is 4.72 Å². The summed E-state index contributed by atoms with van der Waals surface area (Å²) in [5, 5.41) is 0.407. The maximum Gasteiger partial charge on any atom is 0.271 e. The van der Waals surface area contributed by atoms with Gasteiger partial charge in [0.05, 0.1) is 19.5 Å². The highest BCUT2D eigenvalue weighted by molar-refractivity contribution is 9.11. The minimum Gasteiger partial charge on any atom is -0.277 e. The smallest absolute Gasteiger partial charge is 0.271 e. The molecule has 2 rings (SSSR count). The molecule has 102 valence electrons. The fraction of sp³-hybridized carbons (Fsp3) is 0. The monoisotopic (exact) mass is 463 g/mol. The van der Waals surface area contributed by atoms with Gasteiger partial charge in [0.15, 0.2) is 0 Å². The summed E-state index contributed by atoms with van der Waals surface area (Å²) in [7, 11) is -3.66. The number of benzene rings is 1. The van der Waals surface area contributed by atoms with Crippen LogP contribution in [0.5, 0.6) is 0 Å². The lowest BCUT2D eigenvalue weighted by atomic mass is 10.3. The van der Waals surface area contributed by atoms with Crippen molar-refractivity contribution >= 4 is 82.1 Å². The maximum absolute atomic E-state index is 12.1. The van der Waals surface area contributed by atoms with Crippen LogP contribution in [0.1, 0.15) is 0 Å². The molecule has 1 heterocycles. The summed E-state index contributed by atoms with van der Waals surface area (Å²) in [5.41, 5.74) is 0.236. The lowest BCUT2D eigenvalue weighted by Crippen LogP contribution is -2.11. The standard InChI is InChI=1S/C10H5Br2Cl2NO2S2/c11-5-1-2-6(10(14)9(5)13)15-19(16,17)8-4-3-7(12)18-8/h1-4,15H. The first-order valence-electron chi connectivity index (χ1n) is 4.73. The van der Waals surface area contributed by atoms with E-state index < -0.39 is 10.0 Å². The van der Waals surface area contributed by atoms with Gasteiger partial charge in [-0.25, -0.2) is 8.42 Å². The van der Waals surface area contributed by atoms with E-state index in [0.29, 0.717) is 4.47 Å². The molecule has 0 aliphatic heterocycles. The predicted octanol–water partition coefficient (Wildman–Crippen LogP) is 5.38. The van der Waals surface area contributed by atoms with Crippen molar-refractivity contribution in [3.05, 3.63) is 42.6 Å². The van der Waals surface area contributed by atoms with Crippen LogP contribution < -0.4 is 4.72 Å². The van der Waals surface area contributed by atoms with Crippen LogP contribution in [0.3, 0.4) is 0 Å². The number of rotatable bonds is 3. The third-order valence-electron chi connectivity index (χ3n) is 2.09. The zero-order chi connectivity index (χ0) is 14.2. The first-order valence-corrected chi connectivity index (χ1v) is 9.37. The topological polar surface area (TPSA) is 46.2 Å². The summed E-state index contributed by atoms with van der Waals surface area (Å²) in [6, 6.07) is 6.33. The van der Waals surface area contributed by atoms with Gasteiger partial charge in [-0.1, -0.05) is 23.2 Å². The molecule has 0 bridgehead atoms. The normalized spacial score (nSPS) is 11.6. The van der Waals surface area contributed by atoms with Crippen molar-refractivity contribution in [2.45, 2.75) is 4.21 Å². The third-order valence-corrected chi connectivity index (χ3v) is 7.34. The minimum atomic E-state index is -3.66. The van der Waals surface area contributed by atoms with Crippen molar-refractivity contribution in [2.75, 3.05) is 4.72 Å². The van der Waals surface area contributed by atoms with E-state index in [1.54, 1.807) is 18.2 Å². The number of anilines is 1. The largest absolute Gasteiger partial charge is 0.277 e. The lowest BCUT2D eigenvalue weighted by Gasteiger charge is -2.09. The molecule has 0 saturated carbocycles. The van der Waals surface area contributed by atoms with Crippen LogP contribution in [-0.4, -0.2) is 8.42 Å². The van der Waals surface area contributed by atoms with E-state index in [0.717, 1.165) is 15.1 Å². The molecule has 1 aromatic heterocycles. The highest BCUT2D eigenvalue weighted by Crippen LogP contribution is 2.37. The van der Waals surface area contributed by atoms with Crippen molar-refractivity contribution in [3.63, 3.8) is 0 Å². The first kappa shape index (κ1) is 15.6. The molecule has 0 amide bonds. The molecular formula is C10H5Br2Cl2NO2S2. The molecule has 0 radical (unpaired) electrons. The Morgan fingerprint density at radius 1 is 1.05 bits per heavy atom. The summed E-state index contributed by atoms with van der Waals surface area (Å²) in [5.74, 6) is 0. The van der Waals surface area contributed by atoms with Crippen LogP contribution in [-0.2, 0) is 10.0 Å². The summed E-state index contributed by atoms with van der Waals surface area (Å²) in [6.45, 7) is 0. The Balaban J connectivity index is 2.39.